The molecule has 1 aromatic carbocycles. The lowest BCUT2D eigenvalue weighted by Crippen LogP contribution is -1.96. The van der Waals surface area contributed by atoms with Crippen molar-refractivity contribution in [1.29, 1.82) is 0 Å². The summed E-state index contributed by atoms with van der Waals surface area (Å²) in [5.41, 5.74) is 2.73. The van der Waals surface area contributed by atoms with Crippen molar-refractivity contribution in [2.75, 3.05) is 0 Å². The van der Waals surface area contributed by atoms with Crippen LogP contribution in [0.5, 0.6) is 5.75 Å². The minimum atomic E-state index is 0.410. The van der Waals surface area contributed by atoms with Gasteiger partial charge in [0.1, 0.15) is 18.1 Å². The SMILES string of the molecule is Cc1cccc(COc2ccc(C=O)nc2)c1. The summed E-state index contributed by atoms with van der Waals surface area (Å²) in [6.45, 7) is 2.55. The van der Waals surface area contributed by atoms with Gasteiger partial charge in [0.05, 0.1) is 6.20 Å². The zero-order chi connectivity index (χ0) is 12.1. The third-order valence-corrected chi connectivity index (χ3v) is 2.37. The number of benzene rings is 1. The van der Waals surface area contributed by atoms with E-state index in [-0.39, 0.29) is 0 Å². The molecule has 0 bridgehead atoms. The molecule has 3 nitrogen and oxygen atoms in total. The maximum absolute atomic E-state index is 10.4. The van der Waals surface area contributed by atoms with E-state index in [1.165, 1.54) is 5.56 Å². The number of aromatic nitrogens is 1. The van der Waals surface area contributed by atoms with Gasteiger partial charge in [-0.25, -0.2) is 4.98 Å². The average Bonchev–Trinajstić information content (AvgIpc) is 2.37. The van der Waals surface area contributed by atoms with Crippen molar-refractivity contribution < 1.29 is 9.53 Å². The number of carbonyl (C=O) groups excluding carboxylic acids is 1. The molecule has 3 heteroatoms. The molecule has 2 rings (SSSR count). The molecule has 1 aromatic heterocycles. The predicted octanol–water partition coefficient (Wildman–Crippen LogP) is 2.78. The van der Waals surface area contributed by atoms with Gasteiger partial charge in [-0.15, -0.1) is 0 Å². The summed E-state index contributed by atoms with van der Waals surface area (Å²) >= 11 is 0. The molecule has 86 valence electrons. The van der Waals surface area contributed by atoms with Gasteiger partial charge in [-0.2, -0.15) is 0 Å². The molecule has 0 saturated carbocycles. The second-order valence-electron chi connectivity index (χ2n) is 3.81. The van der Waals surface area contributed by atoms with Crippen LogP contribution in [0.3, 0.4) is 0 Å². The molecule has 0 fully saturated rings. The van der Waals surface area contributed by atoms with Gasteiger partial charge in [0, 0.05) is 0 Å². The van der Waals surface area contributed by atoms with Gasteiger partial charge in [-0.05, 0) is 24.6 Å². The first kappa shape index (κ1) is 11.3. The minimum absolute atomic E-state index is 0.410. The van der Waals surface area contributed by atoms with Crippen molar-refractivity contribution in [2.45, 2.75) is 13.5 Å². The van der Waals surface area contributed by atoms with Crippen LogP contribution in [-0.2, 0) is 6.61 Å². The average molecular weight is 227 g/mol. The van der Waals surface area contributed by atoms with Gasteiger partial charge < -0.3 is 4.74 Å². The molecule has 17 heavy (non-hydrogen) atoms. The second-order valence-corrected chi connectivity index (χ2v) is 3.81. The van der Waals surface area contributed by atoms with Crippen LogP contribution in [0.25, 0.3) is 0 Å². The molecule has 0 unspecified atom stereocenters. The molecule has 0 aliphatic rings. The van der Waals surface area contributed by atoms with E-state index in [9.17, 15) is 4.79 Å². The first-order valence-electron chi connectivity index (χ1n) is 5.37. The molecule has 0 spiro atoms. The summed E-state index contributed by atoms with van der Waals surface area (Å²) in [4.78, 5) is 14.4. The number of rotatable bonds is 4. The third kappa shape index (κ3) is 3.14. The topological polar surface area (TPSA) is 39.2 Å². The Hall–Kier alpha value is -2.16. The number of ether oxygens (including phenoxy) is 1. The standard InChI is InChI=1S/C14H13NO2/c1-11-3-2-4-12(7-11)10-17-14-6-5-13(9-16)15-8-14/h2-9H,10H2,1H3. The van der Waals surface area contributed by atoms with E-state index in [1.807, 2.05) is 25.1 Å². The summed E-state index contributed by atoms with van der Waals surface area (Å²) in [6, 6.07) is 11.5. The van der Waals surface area contributed by atoms with Gasteiger partial charge in [0.15, 0.2) is 6.29 Å². The molecular formula is C14H13NO2. The predicted molar refractivity (Wildman–Crippen MR) is 65.1 cm³/mol. The summed E-state index contributed by atoms with van der Waals surface area (Å²) in [5, 5.41) is 0. The van der Waals surface area contributed by atoms with Gasteiger partial charge >= 0.3 is 0 Å². The first-order chi connectivity index (χ1) is 8.28. The first-order valence-corrected chi connectivity index (χ1v) is 5.37. The van der Waals surface area contributed by atoms with Crippen LogP contribution in [0, 0.1) is 6.92 Å². The zero-order valence-corrected chi connectivity index (χ0v) is 9.59. The fourth-order valence-corrected chi connectivity index (χ4v) is 1.52. The highest BCUT2D eigenvalue weighted by Crippen LogP contribution is 2.12. The molecule has 0 N–H and O–H groups in total. The smallest absolute Gasteiger partial charge is 0.168 e. The largest absolute Gasteiger partial charge is 0.487 e. The second kappa shape index (κ2) is 5.25. The van der Waals surface area contributed by atoms with Crippen molar-refractivity contribution in [3.05, 3.63) is 59.4 Å². The van der Waals surface area contributed by atoms with E-state index in [2.05, 4.69) is 11.1 Å². The highest BCUT2D eigenvalue weighted by molar-refractivity contribution is 5.71. The number of aldehydes is 1. The van der Waals surface area contributed by atoms with Crippen molar-refractivity contribution >= 4 is 6.29 Å². The Morgan fingerprint density at radius 2 is 2.18 bits per heavy atom. The fraction of sp³-hybridized carbons (Fsp3) is 0.143. The molecular weight excluding hydrogens is 214 g/mol. The van der Waals surface area contributed by atoms with Crippen LogP contribution in [0.2, 0.25) is 0 Å². The molecule has 0 saturated heterocycles. The van der Waals surface area contributed by atoms with Crippen molar-refractivity contribution in [3.8, 4) is 5.75 Å². The van der Waals surface area contributed by atoms with Gasteiger partial charge in [-0.1, -0.05) is 29.8 Å². The van der Waals surface area contributed by atoms with Gasteiger partial charge in [0.25, 0.3) is 0 Å². The molecule has 0 aliphatic heterocycles. The Morgan fingerprint density at radius 1 is 1.29 bits per heavy atom. The number of aryl methyl sites for hydroxylation is 1. The van der Waals surface area contributed by atoms with Gasteiger partial charge in [-0.3, -0.25) is 4.79 Å². The van der Waals surface area contributed by atoms with E-state index in [0.29, 0.717) is 24.3 Å². The van der Waals surface area contributed by atoms with E-state index in [4.69, 9.17) is 4.74 Å². The Morgan fingerprint density at radius 3 is 2.82 bits per heavy atom. The number of hydrogen-bond acceptors (Lipinski definition) is 3. The van der Waals surface area contributed by atoms with Crippen molar-refractivity contribution in [2.24, 2.45) is 0 Å². The quantitative estimate of drug-likeness (QED) is 0.754. The zero-order valence-electron chi connectivity index (χ0n) is 9.59. The highest BCUT2D eigenvalue weighted by atomic mass is 16.5. The number of nitrogens with zero attached hydrogens (tertiary/aromatic N) is 1. The maximum atomic E-state index is 10.4. The van der Waals surface area contributed by atoms with Crippen LogP contribution < -0.4 is 4.74 Å². The third-order valence-electron chi connectivity index (χ3n) is 2.37. The van der Waals surface area contributed by atoms with Crippen molar-refractivity contribution in [3.63, 3.8) is 0 Å². The lowest BCUT2D eigenvalue weighted by atomic mass is 10.1. The number of pyridine rings is 1. The van der Waals surface area contributed by atoms with Crippen LogP contribution in [0.15, 0.2) is 42.6 Å². The number of carbonyl (C=O) groups is 1. The van der Waals surface area contributed by atoms with Crippen LogP contribution in [0.4, 0.5) is 0 Å². The van der Waals surface area contributed by atoms with Crippen LogP contribution in [0.1, 0.15) is 21.6 Å². The highest BCUT2D eigenvalue weighted by Gasteiger charge is 1.97. The van der Waals surface area contributed by atoms with Crippen LogP contribution in [-0.4, -0.2) is 11.3 Å². The molecule has 0 radical (unpaired) electrons. The summed E-state index contributed by atoms with van der Waals surface area (Å²) in [5.74, 6) is 0.664. The Kier molecular flexibility index (Phi) is 3.50. The summed E-state index contributed by atoms with van der Waals surface area (Å²) < 4.78 is 5.57. The lowest BCUT2D eigenvalue weighted by Gasteiger charge is -2.06. The molecule has 0 atom stereocenters. The molecule has 2 aromatic rings. The van der Waals surface area contributed by atoms with Gasteiger partial charge in [0.2, 0.25) is 0 Å². The minimum Gasteiger partial charge on any atom is -0.487 e. The Bertz CT molecular complexity index is 506. The monoisotopic (exact) mass is 227 g/mol. The lowest BCUT2D eigenvalue weighted by molar-refractivity contribution is 0.111. The molecule has 1 heterocycles. The van der Waals surface area contributed by atoms with E-state index < -0.39 is 0 Å². The van der Waals surface area contributed by atoms with E-state index in [0.717, 1.165) is 5.56 Å². The van der Waals surface area contributed by atoms with Crippen molar-refractivity contribution in [1.82, 2.24) is 4.98 Å². The van der Waals surface area contributed by atoms with E-state index >= 15 is 0 Å². The molecule has 0 amide bonds. The normalized spacial score (nSPS) is 9.94. The number of hydrogen-bond donors (Lipinski definition) is 0. The molecule has 0 aliphatic carbocycles. The maximum Gasteiger partial charge on any atom is 0.168 e. The Labute approximate surface area is 100 Å². The van der Waals surface area contributed by atoms with E-state index in [1.54, 1.807) is 18.3 Å². The summed E-state index contributed by atoms with van der Waals surface area (Å²) in [7, 11) is 0. The summed E-state index contributed by atoms with van der Waals surface area (Å²) in [6.07, 6.45) is 2.27. The Balaban J connectivity index is 1.99. The van der Waals surface area contributed by atoms with Crippen LogP contribution >= 0.6 is 0 Å². The fourth-order valence-electron chi connectivity index (χ4n) is 1.52.